The first-order valence-corrected chi connectivity index (χ1v) is 5.36. The highest BCUT2D eigenvalue weighted by Crippen LogP contribution is 2.29. The number of pyridine rings is 1. The molecule has 0 aromatic carbocycles. The lowest BCUT2D eigenvalue weighted by Crippen LogP contribution is -2.36. The second-order valence-electron chi connectivity index (χ2n) is 4.04. The molecule has 1 amide bonds. The summed E-state index contributed by atoms with van der Waals surface area (Å²) < 4.78 is 0. The Morgan fingerprint density at radius 2 is 2.31 bits per heavy atom. The Hall–Kier alpha value is -1.89. The molecule has 0 unspecified atom stereocenters. The van der Waals surface area contributed by atoms with Gasteiger partial charge in [-0.3, -0.25) is 9.69 Å². The summed E-state index contributed by atoms with van der Waals surface area (Å²) in [6.07, 6.45) is 4.60. The molecule has 0 aliphatic heterocycles. The van der Waals surface area contributed by atoms with Gasteiger partial charge in [0.05, 0.1) is 5.56 Å². The Bertz CT molecular complexity index is 429. The first-order valence-electron chi connectivity index (χ1n) is 5.36. The molecule has 82 valence electrons. The number of aromatic nitrogens is 1. The largest absolute Gasteiger partial charge is 0.300 e. The molecule has 1 saturated carbocycles. The third kappa shape index (κ3) is 1.89. The Morgan fingerprint density at radius 3 is 2.75 bits per heavy atom. The predicted molar refractivity (Wildman–Crippen MR) is 59.7 cm³/mol. The molecule has 0 saturated heterocycles. The van der Waals surface area contributed by atoms with Crippen molar-refractivity contribution >= 4 is 11.7 Å². The molecule has 1 aliphatic carbocycles. The molecule has 16 heavy (non-hydrogen) atoms. The smallest absolute Gasteiger partial charge is 0.230 e. The summed E-state index contributed by atoms with van der Waals surface area (Å²) in [5.41, 5.74) is 0.508. The lowest BCUT2D eigenvalue weighted by atomic mass is 9.84. The average molecular weight is 215 g/mol. The monoisotopic (exact) mass is 215 g/mol. The molecule has 0 radical (unpaired) electrons. The van der Waals surface area contributed by atoms with E-state index in [0.29, 0.717) is 11.4 Å². The summed E-state index contributed by atoms with van der Waals surface area (Å²) in [6.45, 7) is 0. The van der Waals surface area contributed by atoms with Crippen molar-refractivity contribution in [3.05, 3.63) is 23.9 Å². The number of hydrogen-bond donors (Lipinski definition) is 0. The minimum Gasteiger partial charge on any atom is -0.300 e. The van der Waals surface area contributed by atoms with E-state index in [1.807, 2.05) is 6.07 Å². The van der Waals surface area contributed by atoms with Gasteiger partial charge in [-0.2, -0.15) is 5.26 Å². The van der Waals surface area contributed by atoms with Gasteiger partial charge in [-0.05, 0) is 25.0 Å². The molecule has 4 heteroatoms. The average Bonchev–Trinajstić information content (AvgIpc) is 2.26. The van der Waals surface area contributed by atoms with E-state index in [2.05, 4.69) is 4.98 Å². The summed E-state index contributed by atoms with van der Waals surface area (Å²) in [6, 6.07) is 5.38. The molecule has 1 fully saturated rings. The van der Waals surface area contributed by atoms with E-state index in [1.165, 1.54) is 6.20 Å². The fourth-order valence-corrected chi connectivity index (χ4v) is 1.69. The fourth-order valence-electron chi connectivity index (χ4n) is 1.69. The normalized spacial score (nSPS) is 15.0. The van der Waals surface area contributed by atoms with Gasteiger partial charge < -0.3 is 0 Å². The van der Waals surface area contributed by atoms with Crippen LogP contribution in [-0.2, 0) is 4.79 Å². The SMILES string of the molecule is CN(C(=O)C1CCC1)c1ccc(C#N)cn1. The van der Waals surface area contributed by atoms with Gasteiger partial charge in [0.1, 0.15) is 11.9 Å². The van der Waals surface area contributed by atoms with E-state index in [4.69, 9.17) is 5.26 Å². The van der Waals surface area contributed by atoms with Crippen LogP contribution in [0.1, 0.15) is 24.8 Å². The standard InChI is InChI=1S/C12H13N3O/c1-15(12(16)10-3-2-4-10)11-6-5-9(7-13)8-14-11/h5-6,8,10H,2-4H2,1H3. The van der Waals surface area contributed by atoms with Crippen LogP contribution in [0.15, 0.2) is 18.3 Å². The van der Waals surface area contributed by atoms with Gasteiger partial charge in [-0.1, -0.05) is 6.42 Å². The van der Waals surface area contributed by atoms with Crippen molar-refractivity contribution in [3.63, 3.8) is 0 Å². The summed E-state index contributed by atoms with van der Waals surface area (Å²) in [4.78, 5) is 17.6. The van der Waals surface area contributed by atoms with Gasteiger partial charge in [0.2, 0.25) is 5.91 Å². The van der Waals surface area contributed by atoms with Crippen molar-refractivity contribution in [2.75, 3.05) is 11.9 Å². The van der Waals surface area contributed by atoms with Gasteiger partial charge in [0.25, 0.3) is 0 Å². The van der Waals surface area contributed by atoms with Crippen LogP contribution in [-0.4, -0.2) is 17.9 Å². The second-order valence-corrected chi connectivity index (χ2v) is 4.04. The Morgan fingerprint density at radius 1 is 1.56 bits per heavy atom. The zero-order valence-electron chi connectivity index (χ0n) is 9.18. The van der Waals surface area contributed by atoms with Gasteiger partial charge in [0, 0.05) is 19.2 Å². The van der Waals surface area contributed by atoms with Crippen molar-refractivity contribution in [1.82, 2.24) is 4.98 Å². The highest BCUT2D eigenvalue weighted by Gasteiger charge is 2.28. The van der Waals surface area contributed by atoms with Crippen LogP contribution in [0.3, 0.4) is 0 Å². The van der Waals surface area contributed by atoms with Crippen molar-refractivity contribution in [1.29, 1.82) is 5.26 Å². The van der Waals surface area contributed by atoms with Crippen LogP contribution < -0.4 is 4.90 Å². The first kappa shape index (κ1) is 10.6. The van der Waals surface area contributed by atoms with Crippen LogP contribution >= 0.6 is 0 Å². The zero-order valence-corrected chi connectivity index (χ0v) is 9.18. The summed E-state index contributed by atoms with van der Waals surface area (Å²) in [5.74, 6) is 0.904. The predicted octanol–water partition coefficient (Wildman–Crippen LogP) is 1.72. The van der Waals surface area contributed by atoms with E-state index in [0.717, 1.165) is 19.3 Å². The van der Waals surface area contributed by atoms with Crippen molar-refractivity contribution in [2.24, 2.45) is 5.92 Å². The topological polar surface area (TPSA) is 57.0 Å². The summed E-state index contributed by atoms with van der Waals surface area (Å²) in [7, 11) is 1.73. The lowest BCUT2D eigenvalue weighted by molar-refractivity contribution is -0.124. The lowest BCUT2D eigenvalue weighted by Gasteiger charge is -2.28. The third-order valence-electron chi connectivity index (χ3n) is 3.01. The molecule has 1 heterocycles. The van der Waals surface area contributed by atoms with Crippen molar-refractivity contribution in [3.8, 4) is 6.07 Å². The highest BCUT2D eigenvalue weighted by atomic mass is 16.2. The molecule has 4 nitrogen and oxygen atoms in total. The molecule has 1 aliphatic rings. The van der Waals surface area contributed by atoms with E-state index in [9.17, 15) is 4.79 Å². The van der Waals surface area contributed by atoms with E-state index >= 15 is 0 Å². The van der Waals surface area contributed by atoms with Gasteiger partial charge in [-0.25, -0.2) is 4.98 Å². The first-order chi connectivity index (χ1) is 7.72. The molecule has 0 N–H and O–H groups in total. The summed E-state index contributed by atoms with van der Waals surface area (Å²) >= 11 is 0. The molecule has 0 spiro atoms. The van der Waals surface area contributed by atoms with Crippen LogP contribution in [0.25, 0.3) is 0 Å². The minimum absolute atomic E-state index is 0.128. The maximum absolute atomic E-state index is 11.9. The third-order valence-corrected chi connectivity index (χ3v) is 3.01. The number of hydrogen-bond acceptors (Lipinski definition) is 3. The number of amides is 1. The van der Waals surface area contributed by atoms with Crippen molar-refractivity contribution < 1.29 is 4.79 Å². The quantitative estimate of drug-likeness (QED) is 0.754. The van der Waals surface area contributed by atoms with Crippen molar-refractivity contribution in [2.45, 2.75) is 19.3 Å². The van der Waals surface area contributed by atoms with Crippen LogP contribution in [0.5, 0.6) is 0 Å². The van der Waals surface area contributed by atoms with E-state index in [-0.39, 0.29) is 11.8 Å². The minimum atomic E-state index is 0.128. The molecule has 1 aromatic heterocycles. The number of carbonyl (C=O) groups excluding carboxylic acids is 1. The molecule has 2 rings (SSSR count). The van der Waals surface area contributed by atoms with E-state index in [1.54, 1.807) is 24.1 Å². The zero-order chi connectivity index (χ0) is 11.5. The Labute approximate surface area is 94.5 Å². The summed E-state index contributed by atoms with van der Waals surface area (Å²) in [5, 5.41) is 8.64. The van der Waals surface area contributed by atoms with Crippen LogP contribution in [0, 0.1) is 17.2 Å². The molecular weight excluding hydrogens is 202 g/mol. The molecular formula is C12H13N3O. The number of nitriles is 1. The number of carbonyl (C=O) groups is 1. The van der Waals surface area contributed by atoms with Gasteiger partial charge in [-0.15, -0.1) is 0 Å². The Kier molecular flexibility index (Phi) is 2.86. The van der Waals surface area contributed by atoms with Gasteiger partial charge in [0.15, 0.2) is 0 Å². The van der Waals surface area contributed by atoms with Gasteiger partial charge >= 0.3 is 0 Å². The number of anilines is 1. The maximum Gasteiger partial charge on any atom is 0.230 e. The molecule has 1 aromatic rings. The van der Waals surface area contributed by atoms with Crippen LogP contribution in [0.4, 0.5) is 5.82 Å². The second kappa shape index (κ2) is 4.31. The van der Waals surface area contributed by atoms with Crippen LogP contribution in [0.2, 0.25) is 0 Å². The maximum atomic E-state index is 11.9. The number of rotatable bonds is 2. The van der Waals surface area contributed by atoms with E-state index < -0.39 is 0 Å². The number of nitrogens with zero attached hydrogens (tertiary/aromatic N) is 3. The highest BCUT2D eigenvalue weighted by molar-refractivity contribution is 5.94. The molecule has 0 bridgehead atoms. The fraction of sp³-hybridized carbons (Fsp3) is 0.417. The Balaban J connectivity index is 2.10. The molecule has 0 atom stereocenters.